The quantitative estimate of drug-likeness (QED) is 0.468. The van der Waals surface area contributed by atoms with Crippen LogP contribution in [0, 0.1) is 0 Å². The molecule has 0 radical (unpaired) electrons. The summed E-state index contributed by atoms with van der Waals surface area (Å²) in [4.78, 5) is 3.66. The van der Waals surface area contributed by atoms with Gasteiger partial charge in [-0.25, -0.2) is 0 Å². The summed E-state index contributed by atoms with van der Waals surface area (Å²) < 4.78 is 5.45. The van der Waals surface area contributed by atoms with E-state index in [1.807, 2.05) is 6.07 Å². The summed E-state index contributed by atoms with van der Waals surface area (Å²) in [6.45, 7) is 0.731. The second-order valence-corrected chi connectivity index (χ2v) is 6.66. The topological polar surface area (TPSA) is 51.0 Å². The molecular formula is C23H24N2O. The van der Waals surface area contributed by atoms with Gasteiger partial charge in [0.05, 0.1) is 12.8 Å². The number of unbranched alkanes of at least 4 members (excludes halogenated alkanes) is 1. The van der Waals surface area contributed by atoms with E-state index in [2.05, 4.69) is 59.6 Å². The van der Waals surface area contributed by atoms with E-state index < -0.39 is 0 Å². The van der Waals surface area contributed by atoms with Gasteiger partial charge < -0.3 is 15.5 Å². The molecule has 1 aromatic heterocycles. The van der Waals surface area contributed by atoms with Crippen molar-refractivity contribution in [2.45, 2.75) is 19.3 Å². The maximum atomic E-state index is 5.72. The maximum Gasteiger partial charge on any atom is 0.119 e. The van der Waals surface area contributed by atoms with Gasteiger partial charge in [-0.3, -0.25) is 0 Å². The standard InChI is InChI=1S/C23H24N2O/c1-26-17-12-13-22-21(15-17)20(10-4-5-14-24)23(25-22)19-11-6-8-16-7-2-3-9-18(16)19/h2-3,6-9,11-13,15,25H,4-5,10,14,24H2,1H3. The number of nitrogens with one attached hydrogen (secondary N) is 1. The van der Waals surface area contributed by atoms with E-state index in [0.717, 1.165) is 37.1 Å². The number of benzene rings is 3. The van der Waals surface area contributed by atoms with E-state index in [1.165, 1.54) is 33.0 Å². The second kappa shape index (κ2) is 7.22. The van der Waals surface area contributed by atoms with Crippen molar-refractivity contribution in [3.63, 3.8) is 0 Å². The van der Waals surface area contributed by atoms with Crippen LogP contribution in [0.2, 0.25) is 0 Å². The number of fused-ring (bicyclic) bond motifs is 2. The molecule has 4 rings (SSSR count). The van der Waals surface area contributed by atoms with Crippen molar-refractivity contribution in [2.24, 2.45) is 5.73 Å². The third-order valence-electron chi connectivity index (χ3n) is 5.05. The zero-order valence-corrected chi connectivity index (χ0v) is 15.1. The third-order valence-corrected chi connectivity index (χ3v) is 5.05. The minimum Gasteiger partial charge on any atom is -0.497 e. The van der Waals surface area contributed by atoms with E-state index in [0.29, 0.717) is 0 Å². The maximum absolute atomic E-state index is 5.72. The van der Waals surface area contributed by atoms with Crippen molar-refractivity contribution in [1.29, 1.82) is 0 Å². The molecule has 0 saturated heterocycles. The molecule has 0 amide bonds. The molecule has 3 aromatic carbocycles. The van der Waals surface area contributed by atoms with Gasteiger partial charge in [0, 0.05) is 16.5 Å². The van der Waals surface area contributed by atoms with Crippen LogP contribution in [0.25, 0.3) is 32.9 Å². The summed E-state index contributed by atoms with van der Waals surface area (Å²) in [7, 11) is 1.72. The number of aryl methyl sites for hydroxylation is 1. The van der Waals surface area contributed by atoms with Crippen molar-refractivity contribution >= 4 is 21.7 Å². The highest BCUT2D eigenvalue weighted by atomic mass is 16.5. The van der Waals surface area contributed by atoms with Gasteiger partial charge in [0.1, 0.15) is 5.75 Å². The van der Waals surface area contributed by atoms with Gasteiger partial charge in [-0.05, 0) is 60.3 Å². The highest BCUT2D eigenvalue weighted by Gasteiger charge is 2.15. The fourth-order valence-electron chi connectivity index (χ4n) is 3.73. The highest BCUT2D eigenvalue weighted by Crippen LogP contribution is 2.36. The van der Waals surface area contributed by atoms with Crippen molar-refractivity contribution in [3.05, 3.63) is 66.2 Å². The SMILES string of the molecule is COc1ccc2[nH]c(-c3cccc4ccccc34)c(CCCCN)c2c1. The molecule has 132 valence electrons. The van der Waals surface area contributed by atoms with E-state index in [4.69, 9.17) is 10.5 Å². The minimum atomic E-state index is 0.731. The lowest BCUT2D eigenvalue weighted by molar-refractivity contribution is 0.415. The Balaban J connectivity index is 1.94. The molecule has 4 aromatic rings. The number of H-pyrrole nitrogens is 1. The third kappa shape index (κ3) is 2.95. The normalized spacial score (nSPS) is 11.3. The Morgan fingerprint density at radius 1 is 0.923 bits per heavy atom. The number of ether oxygens (including phenoxy) is 1. The van der Waals surface area contributed by atoms with Gasteiger partial charge in [-0.15, -0.1) is 0 Å². The van der Waals surface area contributed by atoms with Crippen molar-refractivity contribution in [3.8, 4) is 17.0 Å². The minimum absolute atomic E-state index is 0.731. The van der Waals surface area contributed by atoms with Crippen LogP contribution in [0.1, 0.15) is 18.4 Å². The van der Waals surface area contributed by atoms with Crippen LogP contribution in [0.5, 0.6) is 5.75 Å². The van der Waals surface area contributed by atoms with E-state index >= 15 is 0 Å². The summed E-state index contributed by atoms with van der Waals surface area (Å²) >= 11 is 0. The highest BCUT2D eigenvalue weighted by molar-refractivity contribution is 6.00. The Kier molecular flexibility index (Phi) is 4.63. The lowest BCUT2D eigenvalue weighted by Gasteiger charge is -2.09. The molecular weight excluding hydrogens is 320 g/mol. The molecule has 0 saturated carbocycles. The Labute approximate surface area is 153 Å². The molecule has 3 N–H and O–H groups in total. The van der Waals surface area contributed by atoms with Gasteiger partial charge in [-0.2, -0.15) is 0 Å². The molecule has 0 bridgehead atoms. The Morgan fingerprint density at radius 2 is 1.77 bits per heavy atom. The zero-order chi connectivity index (χ0) is 17.9. The van der Waals surface area contributed by atoms with Crippen LogP contribution in [-0.2, 0) is 6.42 Å². The average molecular weight is 344 g/mol. The summed E-state index contributed by atoms with van der Waals surface area (Å²) in [5, 5.41) is 3.77. The fraction of sp³-hybridized carbons (Fsp3) is 0.217. The molecule has 0 aliphatic rings. The molecule has 3 heteroatoms. The van der Waals surface area contributed by atoms with Crippen molar-refractivity contribution in [1.82, 2.24) is 4.98 Å². The number of hydrogen-bond donors (Lipinski definition) is 2. The van der Waals surface area contributed by atoms with Gasteiger partial charge in [0.15, 0.2) is 0 Å². The van der Waals surface area contributed by atoms with Crippen LogP contribution < -0.4 is 10.5 Å². The average Bonchev–Trinajstić information content (AvgIpc) is 3.05. The van der Waals surface area contributed by atoms with E-state index in [-0.39, 0.29) is 0 Å². The number of rotatable bonds is 6. The monoisotopic (exact) mass is 344 g/mol. The van der Waals surface area contributed by atoms with Crippen LogP contribution in [-0.4, -0.2) is 18.6 Å². The summed E-state index contributed by atoms with van der Waals surface area (Å²) in [6, 6.07) is 21.3. The summed E-state index contributed by atoms with van der Waals surface area (Å²) in [5.74, 6) is 0.890. The van der Waals surface area contributed by atoms with Crippen LogP contribution in [0.3, 0.4) is 0 Å². The molecule has 0 atom stereocenters. The molecule has 0 spiro atoms. The first-order valence-electron chi connectivity index (χ1n) is 9.18. The second-order valence-electron chi connectivity index (χ2n) is 6.66. The number of aromatic amines is 1. The first-order chi connectivity index (χ1) is 12.8. The van der Waals surface area contributed by atoms with Gasteiger partial charge >= 0.3 is 0 Å². The van der Waals surface area contributed by atoms with E-state index in [1.54, 1.807) is 7.11 Å². The molecule has 0 fully saturated rings. The molecule has 0 aliphatic carbocycles. The van der Waals surface area contributed by atoms with Crippen molar-refractivity contribution in [2.75, 3.05) is 13.7 Å². The number of hydrogen-bond acceptors (Lipinski definition) is 2. The Morgan fingerprint density at radius 3 is 2.62 bits per heavy atom. The predicted octanol–water partition coefficient (Wildman–Crippen LogP) is 5.28. The molecule has 3 nitrogen and oxygen atoms in total. The van der Waals surface area contributed by atoms with Crippen LogP contribution >= 0.6 is 0 Å². The zero-order valence-electron chi connectivity index (χ0n) is 15.1. The van der Waals surface area contributed by atoms with Crippen LogP contribution in [0.15, 0.2) is 60.7 Å². The summed E-state index contributed by atoms with van der Waals surface area (Å²) in [6.07, 6.45) is 3.12. The largest absolute Gasteiger partial charge is 0.497 e. The first-order valence-corrected chi connectivity index (χ1v) is 9.18. The lowest BCUT2D eigenvalue weighted by atomic mass is 9.96. The summed E-state index contributed by atoms with van der Waals surface area (Å²) in [5.41, 5.74) is 10.7. The Hall–Kier alpha value is -2.78. The first kappa shape index (κ1) is 16.7. The van der Waals surface area contributed by atoms with E-state index in [9.17, 15) is 0 Å². The number of aromatic nitrogens is 1. The predicted molar refractivity (Wildman–Crippen MR) is 110 cm³/mol. The molecule has 0 unspecified atom stereocenters. The molecule has 0 aliphatic heterocycles. The number of nitrogens with two attached hydrogens (primary N) is 1. The lowest BCUT2D eigenvalue weighted by Crippen LogP contribution is -1.99. The number of methoxy groups -OCH3 is 1. The van der Waals surface area contributed by atoms with Gasteiger partial charge in [0.25, 0.3) is 0 Å². The Bertz CT molecular complexity index is 1040. The van der Waals surface area contributed by atoms with Crippen molar-refractivity contribution < 1.29 is 4.74 Å². The van der Waals surface area contributed by atoms with Crippen LogP contribution in [0.4, 0.5) is 0 Å². The van der Waals surface area contributed by atoms with Gasteiger partial charge in [0.2, 0.25) is 0 Å². The van der Waals surface area contributed by atoms with Gasteiger partial charge in [-0.1, -0.05) is 42.5 Å². The molecule has 26 heavy (non-hydrogen) atoms. The smallest absolute Gasteiger partial charge is 0.119 e. The fourth-order valence-corrected chi connectivity index (χ4v) is 3.73. The molecule has 1 heterocycles.